The monoisotopic (exact) mass is 398 g/mol. The molecule has 0 bridgehead atoms. The molecular weight excluding hydrogens is 379 g/mol. The Hall–Kier alpha value is -1.61. The molecule has 1 heteroatoms. The lowest BCUT2D eigenvalue weighted by Gasteiger charge is -2.21. The number of fused-ring (bicyclic) bond motifs is 3. The molecule has 0 atom stereocenters. The van der Waals surface area contributed by atoms with E-state index < -0.39 is 0 Å². The maximum atomic E-state index is 3.68. The third-order valence-corrected chi connectivity index (χ3v) is 4.98. The van der Waals surface area contributed by atoms with Crippen LogP contribution in [-0.4, -0.2) is 0 Å². The third-order valence-electron chi connectivity index (χ3n) is 4.31. The molecule has 0 unspecified atom stereocenters. The summed E-state index contributed by atoms with van der Waals surface area (Å²) >= 11 is 2.40. The summed E-state index contributed by atoms with van der Waals surface area (Å²) in [6, 6.07) is 13.5. The summed E-state index contributed by atoms with van der Waals surface area (Å²) in [7, 11) is 0. The number of allylic oxidation sites excluding steroid dienone is 4. The molecule has 0 saturated heterocycles. The van der Waals surface area contributed by atoms with Crippen molar-refractivity contribution in [3.05, 3.63) is 87.5 Å². The highest BCUT2D eigenvalue weighted by Gasteiger charge is 2.35. The SMILES string of the molecule is C=C/C=C\C=C\c1ccc2c(c1)C(C)(C)c1cc(I)ccc1-2. The first-order chi connectivity index (χ1) is 10.5. The van der Waals surface area contributed by atoms with E-state index in [1.165, 1.54) is 31.4 Å². The van der Waals surface area contributed by atoms with Crippen LogP contribution in [-0.2, 0) is 5.41 Å². The Kier molecular flexibility index (Phi) is 4.09. The van der Waals surface area contributed by atoms with E-state index in [9.17, 15) is 0 Å². The lowest BCUT2D eigenvalue weighted by Crippen LogP contribution is -2.15. The molecule has 0 amide bonds. The topological polar surface area (TPSA) is 0 Å². The van der Waals surface area contributed by atoms with Crippen LogP contribution in [0.5, 0.6) is 0 Å². The van der Waals surface area contributed by atoms with E-state index in [0.717, 1.165) is 0 Å². The van der Waals surface area contributed by atoms with Crippen LogP contribution in [0.2, 0.25) is 0 Å². The summed E-state index contributed by atoms with van der Waals surface area (Å²) in [5, 5.41) is 0. The number of hydrogen-bond acceptors (Lipinski definition) is 0. The minimum absolute atomic E-state index is 0.0622. The molecule has 110 valence electrons. The Morgan fingerprint density at radius 1 is 0.909 bits per heavy atom. The van der Waals surface area contributed by atoms with Crippen LogP contribution in [0.3, 0.4) is 0 Å². The molecule has 22 heavy (non-hydrogen) atoms. The second-order valence-corrected chi connectivity index (χ2v) is 7.35. The maximum Gasteiger partial charge on any atom is 0.0159 e. The summed E-state index contributed by atoms with van der Waals surface area (Å²) in [4.78, 5) is 0. The smallest absolute Gasteiger partial charge is 0.0159 e. The fourth-order valence-electron chi connectivity index (χ4n) is 3.14. The van der Waals surface area contributed by atoms with E-state index in [-0.39, 0.29) is 5.41 Å². The minimum atomic E-state index is 0.0622. The quantitative estimate of drug-likeness (QED) is 0.417. The van der Waals surface area contributed by atoms with Gasteiger partial charge in [-0.25, -0.2) is 0 Å². The molecule has 0 N–H and O–H groups in total. The lowest BCUT2D eigenvalue weighted by molar-refractivity contribution is 0.660. The first-order valence-corrected chi connectivity index (χ1v) is 8.52. The summed E-state index contributed by atoms with van der Waals surface area (Å²) in [6.45, 7) is 8.32. The van der Waals surface area contributed by atoms with Gasteiger partial charge in [-0.15, -0.1) is 0 Å². The van der Waals surface area contributed by atoms with Crippen molar-refractivity contribution in [1.82, 2.24) is 0 Å². The predicted octanol–water partition coefficient (Wildman–Crippen LogP) is 6.35. The van der Waals surface area contributed by atoms with E-state index >= 15 is 0 Å². The molecule has 0 aliphatic heterocycles. The molecule has 0 saturated carbocycles. The van der Waals surface area contributed by atoms with Crippen LogP contribution >= 0.6 is 22.6 Å². The van der Waals surface area contributed by atoms with Gasteiger partial charge in [0.2, 0.25) is 0 Å². The van der Waals surface area contributed by atoms with E-state index in [0.29, 0.717) is 0 Å². The van der Waals surface area contributed by atoms with Crippen molar-refractivity contribution in [2.45, 2.75) is 19.3 Å². The Morgan fingerprint density at radius 3 is 2.32 bits per heavy atom. The Bertz CT molecular complexity index is 792. The van der Waals surface area contributed by atoms with Crippen LogP contribution < -0.4 is 0 Å². The highest BCUT2D eigenvalue weighted by molar-refractivity contribution is 14.1. The molecule has 0 heterocycles. The lowest BCUT2D eigenvalue weighted by atomic mass is 9.82. The van der Waals surface area contributed by atoms with Gasteiger partial charge in [0.1, 0.15) is 0 Å². The van der Waals surface area contributed by atoms with Crippen molar-refractivity contribution in [2.75, 3.05) is 0 Å². The molecule has 0 spiro atoms. The van der Waals surface area contributed by atoms with Crippen molar-refractivity contribution >= 4 is 28.7 Å². The van der Waals surface area contributed by atoms with Gasteiger partial charge in [-0.3, -0.25) is 0 Å². The molecule has 3 rings (SSSR count). The first-order valence-electron chi connectivity index (χ1n) is 7.45. The Labute approximate surface area is 146 Å². The second kappa shape index (κ2) is 5.88. The zero-order valence-corrected chi connectivity index (χ0v) is 15.1. The Morgan fingerprint density at radius 2 is 1.59 bits per heavy atom. The van der Waals surface area contributed by atoms with Crippen molar-refractivity contribution in [3.63, 3.8) is 0 Å². The van der Waals surface area contributed by atoms with Crippen LogP contribution in [0.1, 0.15) is 30.5 Å². The number of rotatable bonds is 3. The van der Waals surface area contributed by atoms with E-state index in [1.54, 1.807) is 6.08 Å². The molecule has 2 aromatic carbocycles. The molecule has 0 radical (unpaired) electrons. The van der Waals surface area contributed by atoms with Crippen LogP contribution in [0.4, 0.5) is 0 Å². The van der Waals surface area contributed by atoms with Crippen LogP contribution in [0.15, 0.2) is 67.3 Å². The number of benzene rings is 2. The largest absolute Gasteiger partial charge is 0.0991 e. The summed E-state index contributed by atoms with van der Waals surface area (Å²) < 4.78 is 1.30. The minimum Gasteiger partial charge on any atom is -0.0991 e. The van der Waals surface area contributed by atoms with Gasteiger partial charge in [0, 0.05) is 8.99 Å². The van der Waals surface area contributed by atoms with Crippen molar-refractivity contribution in [1.29, 1.82) is 0 Å². The fraction of sp³-hybridized carbons (Fsp3) is 0.143. The predicted molar refractivity (Wildman–Crippen MR) is 105 cm³/mol. The van der Waals surface area contributed by atoms with E-state index in [1.807, 2.05) is 12.2 Å². The van der Waals surface area contributed by atoms with Gasteiger partial charge in [0.05, 0.1) is 0 Å². The van der Waals surface area contributed by atoms with Gasteiger partial charge >= 0.3 is 0 Å². The third kappa shape index (κ3) is 2.58. The van der Waals surface area contributed by atoms with Crippen molar-refractivity contribution in [3.8, 4) is 11.1 Å². The molecule has 1 aliphatic carbocycles. The van der Waals surface area contributed by atoms with Gasteiger partial charge < -0.3 is 0 Å². The van der Waals surface area contributed by atoms with Gasteiger partial charge in [0.15, 0.2) is 0 Å². The fourth-order valence-corrected chi connectivity index (χ4v) is 3.63. The van der Waals surface area contributed by atoms with E-state index in [4.69, 9.17) is 0 Å². The summed E-state index contributed by atoms with van der Waals surface area (Å²) in [5.74, 6) is 0. The summed E-state index contributed by atoms with van der Waals surface area (Å²) in [5.41, 5.74) is 6.90. The number of hydrogen-bond donors (Lipinski definition) is 0. The van der Waals surface area contributed by atoms with Crippen LogP contribution in [0.25, 0.3) is 17.2 Å². The second-order valence-electron chi connectivity index (χ2n) is 6.10. The highest BCUT2D eigenvalue weighted by atomic mass is 127. The highest BCUT2D eigenvalue weighted by Crippen LogP contribution is 2.49. The van der Waals surface area contributed by atoms with Gasteiger partial charge in [-0.1, -0.05) is 75.1 Å². The van der Waals surface area contributed by atoms with Gasteiger partial charge in [-0.05, 0) is 62.5 Å². The molecular formula is C21H19I. The van der Waals surface area contributed by atoms with Gasteiger partial charge in [0.25, 0.3) is 0 Å². The molecule has 0 fully saturated rings. The van der Waals surface area contributed by atoms with Gasteiger partial charge in [-0.2, -0.15) is 0 Å². The zero-order valence-electron chi connectivity index (χ0n) is 12.9. The normalized spacial score (nSPS) is 15.2. The zero-order chi connectivity index (χ0) is 15.7. The maximum absolute atomic E-state index is 3.68. The van der Waals surface area contributed by atoms with Crippen molar-refractivity contribution < 1.29 is 0 Å². The standard InChI is InChI=1S/C21H19I/c1-4-5-6-7-8-15-9-11-17-18-12-10-16(22)14-20(18)21(2,3)19(17)13-15/h4-14H,1H2,2-3H3/b6-5-,8-7+. The average Bonchev–Trinajstić information content (AvgIpc) is 2.72. The van der Waals surface area contributed by atoms with Crippen LogP contribution in [0, 0.1) is 3.57 Å². The molecule has 0 nitrogen and oxygen atoms in total. The Balaban J connectivity index is 2.07. The molecule has 0 aromatic heterocycles. The molecule has 1 aliphatic rings. The summed E-state index contributed by atoms with van der Waals surface area (Å²) in [6.07, 6.45) is 9.92. The van der Waals surface area contributed by atoms with E-state index in [2.05, 4.69) is 91.6 Å². The average molecular weight is 398 g/mol. The molecule has 2 aromatic rings. The van der Waals surface area contributed by atoms with Crippen molar-refractivity contribution in [2.24, 2.45) is 0 Å². The number of halogens is 1. The first kappa shape index (κ1) is 15.3.